The maximum absolute atomic E-state index is 12.4. The lowest BCUT2D eigenvalue weighted by Crippen LogP contribution is -2.38. The molecule has 1 N–H and O–H groups in total. The standard InChI is InChI=1S/C16H16N2O3/c1-11-4-6-12(7-5-11)18-15(19)9-14(16(18)20)17-10-13-3-2-8-21-13/h2-8,14,17H,9-10H2,1H3. The molecular weight excluding hydrogens is 268 g/mol. The predicted octanol–water partition coefficient (Wildman–Crippen LogP) is 2.01. The summed E-state index contributed by atoms with van der Waals surface area (Å²) in [5.74, 6) is 0.347. The lowest BCUT2D eigenvalue weighted by atomic mass is 10.2. The van der Waals surface area contributed by atoms with Crippen molar-refractivity contribution in [2.75, 3.05) is 4.90 Å². The van der Waals surface area contributed by atoms with Crippen LogP contribution in [-0.2, 0) is 16.1 Å². The fourth-order valence-electron chi connectivity index (χ4n) is 2.39. The zero-order chi connectivity index (χ0) is 14.8. The van der Waals surface area contributed by atoms with Crippen LogP contribution in [0.2, 0.25) is 0 Å². The molecule has 0 bridgehead atoms. The van der Waals surface area contributed by atoms with Gasteiger partial charge in [-0.1, -0.05) is 17.7 Å². The van der Waals surface area contributed by atoms with Crippen molar-refractivity contribution in [3.8, 4) is 0 Å². The van der Waals surface area contributed by atoms with E-state index in [4.69, 9.17) is 4.42 Å². The van der Waals surface area contributed by atoms with Gasteiger partial charge in [0.2, 0.25) is 5.91 Å². The van der Waals surface area contributed by atoms with Gasteiger partial charge in [0, 0.05) is 0 Å². The number of aryl methyl sites for hydroxylation is 1. The van der Waals surface area contributed by atoms with Crippen molar-refractivity contribution in [2.24, 2.45) is 0 Å². The van der Waals surface area contributed by atoms with Crippen LogP contribution in [0.25, 0.3) is 0 Å². The van der Waals surface area contributed by atoms with Crippen LogP contribution >= 0.6 is 0 Å². The Bertz CT molecular complexity index is 647. The summed E-state index contributed by atoms with van der Waals surface area (Å²) in [4.78, 5) is 25.7. The normalized spacial score (nSPS) is 18.5. The second-order valence-electron chi connectivity index (χ2n) is 5.12. The van der Waals surface area contributed by atoms with Gasteiger partial charge < -0.3 is 4.42 Å². The second-order valence-corrected chi connectivity index (χ2v) is 5.12. The number of nitrogens with zero attached hydrogens (tertiary/aromatic N) is 1. The molecule has 0 aliphatic carbocycles. The fraction of sp³-hybridized carbons (Fsp3) is 0.250. The SMILES string of the molecule is Cc1ccc(N2C(=O)CC(NCc3ccco3)C2=O)cc1. The Morgan fingerprint density at radius 1 is 1.24 bits per heavy atom. The van der Waals surface area contributed by atoms with Crippen LogP contribution in [0, 0.1) is 6.92 Å². The van der Waals surface area contributed by atoms with Crippen LogP contribution in [0.1, 0.15) is 17.7 Å². The minimum atomic E-state index is -0.496. The first-order chi connectivity index (χ1) is 10.1. The van der Waals surface area contributed by atoms with Gasteiger partial charge in [-0.25, -0.2) is 4.90 Å². The van der Waals surface area contributed by atoms with E-state index >= 15 is 0 Å². The van der Waals surface area contributed by atoms with E-state index in [1.807, 2.05) is 25.1 Å². The Balaban J connectivity index is 1.71. The van der Waals surface area contributed by atoms with E-state index in [1.165, 1.54) is 4.90 Å². The molecule has 1 saturated heterocycles. The molecule has 2 aromatic rings. The summed E-state index contributed by atoms with van der Waals surface area (Å²) in [7, 11) is 0. The predicted molar refractivity (Wildman–Crippen MR) is 77.6 cm³/mol. The summed E-state index contributed by atoms with van der Waals surface area (Å²) in [5, 5.41) is 3.07. The number of hydrogen-bond acceptors (Lipinski definition) is 4. The van der Waals surface area contributed by atoms with E-state index in [1.54, 1.807) is 24.5 Å². The smallest absolute Gasteiger partial charge is 0.251 e. The van der Waals surface area contributed by atoms with Crippen molar-refractivity contribution >= 4 is 17.5 Å². The van der Waals surface area contributed by atoms with Crippen molar-refractivity contribution in [3.63, 3.8) is 0 Å². The molecule has 0 saturated carbocycles. The molecule has 2 amide bonds. The van der Waals surface area contributed by atoms with Gasteiger partial charge in [-0.05, 0) is 31.2 Å². The van der Waals surface area contributed by atoms with Crippen LogP contribution in [0.15, 0.2) is 47.1 Å². The number of nitrogens with one attached hydrogen (secondary N) is 1. The average molecular weight is 284 g/mol. The molecule has 0 radical (unpaired) electrons. The largest absolute Gasteiger partial charge is 0.468 e. The summed E-state index contributed by atoms with van der Waals surface area (Å²) < 4.78 is 5.21. The zero-order valence-corrected chi connectivity index (χ0v) is 11.7. The molecule has 1 fully saturated rings. The summed E-state index contributed by atoms with van der Waals surface area (Å²) >= 11 is 0. The average Bonchev–Trinajstić information content (AvgIpc) is 3.07. The van der Waals surface area contributed by atoms with Crippen molar-refractivity contribution in [3.05, 3.63) is 54.0 Å². The first-order valence-electron chi connectivity index (χ1n) is 6.84. The topological polar surface area (TPSA) is 62.6 Å². The first-order valence-corrected chi connectivity index (χ1v) is 6.84. The maximum atomic E-state index is 12.4. The van der Waals surface area contributed by atoms with Crippen molar-refractivity contribution < 1.29 is 14.0 Å². The molecule has 0 spiro atoms. The van der Waals surface area contributed by atoms with Crippen LogP contribution in [0.5, 0.6) is 0 Å². The third kappa shape index (κ3) is 2.73. The van der Waals surface area contributed by atoms with Gasteiger partial charge in [0.25, 0.3) is 5.91 Å². The Labute approximate surface area is 122 Å². The van der Waals surface area contributed by atoms with Gasteiger partial charge in [-0.15, -0.1) is 0 Å². The Hall–Kier alpha value is -2.40. The van der Waals surface area contributed by atoms with Gasteiger partial charge in [-0.2, -0.15) is 0 Å². The molecule has 1 aliphatic heterocycles. The molecule has 1 unspecified atom stereocenters. The minimum absolute atomic E-state index is 0.174. The monoisotopic (exact) mass is 284 g/mol. The highest BCUT2D eigenvalue weighted by atomic mass is 16.3. The quantitative estimate of drug-likeness (QED) is 0.872. The van der Waals surface area contributed by atoms with Crippen LogP contribution in [0.3, 0.4) is 0 Å². The number of benzene rings is 1. The van der Waals surface area contributed by atoms with Crippen LogP contribution < -0.4 is 10.2 Å². The Kier molecular flexibility index (Phi) is 3.58. The molecule has 1 aliphatic rings. The molecule has 108 valence electrons. The molecule has 1 atom stereocenters. The van der Waals surface area contributed by atoms with E-state index in [0.717, 1.165) is 11.3 Å². The Morgan fingerprint density at radius 2 is 2.00 bits per heavy atom. The lowest BCUT2D eigenvalue weighted by Gasteiger charge is -2.15. The summed E-state index contributed by atoms with van der Waals surface area (Å²) in [6, 6.07) is 10.5. The molecule has 1 aromatic heterocycles. The van der Waals surface area contributed by atoms with E-state index in [-0.39, 0.29) is 18.2 Å². The number of carbonyl (C=O) groups is 2. The van der Waals surface area contributed by atoms with E-state index in [9.17, 15) is 9.59 Å². The summed E-state index contributed by atoms with van der Waals surface area (Å²) in [6.45, 7) is 2.39. The molecule has 5 heteroatoms. The molecule has 2 heterocycles. The molecule has 1 aromatic carbocycles. The zero-order valence-electron chi connectivity index (χ0n) is 11.7. The van der Waals surface area contributed by atoms with Gasteiger partial charge in [0.15, 0.2) is 0 Å². The highest BCUT2D eigenvalue weighted by molar-refractivity contribution is 6.22. The van der Waals surface area contributed by atoms with Gasteiger partial charge in [0.05, 0.1) is 31.0 Å². The number of furan rings is 1. The molecule has 3 rings (SSSR count). The Morgan fingerprint density at radius 3 is 2.67 bits per heavy atom. The van der Waals surface area contributed by atoms with Gasteiger partial charge in [-0.3, -0.25) is 14.9 Å². The van der Waals surface area contributed by atoms with Gasteiger partial charge in [0.1, 0.15) is 5.76 Å². The van der Waals surface area contributed by atoms with E-state index in [2.05, 4.69) is 5.32 Å². The number of imide groups is 1. The highest BCUT2D eigenvalue weighted by Gasteiger charge is 2.39. The number of rotatable bonds is 4. The number of hydrogen-bond donors (Lipinski definition) is 1. The van der Waals surface area contributed by atoms with E-state index in [0.29, 0.717) is 12.2 Å². The molecule has 21 heavy (non-hydrogen) atoms. The highest BCUT2D eigenvalue weighted by Crippen LogP contribution is 2.23. The third-order valence-corrected chi connectivity index (χ3v) is 3.54. The summed E-state index contributed by atoms with van der Waals surface area (Å²) in [6.07, 6.45) is 1.75. The first kappa shape index (κ1) is 13.6. The van der Waals surface area contributed by atoms with Crippen molar-refractivity contribution in [1.29, 1.82) is 0 Å². The van der Waals surface area contributed by atoms with Crippen molar-refractivity contribution in [1.82, 2.24) is 5.32 Å². The van der Waals surface area contributed by atoms with Crippen LogP contribution in [-0.4, -0.2) is 17.9 Å². The van der Waals surface area contributed by atoms with Gasteiger partial charge >= 0.3 is 0 Å². The third-order valence-electron chi connectivity index (χ3n) is 3.54. The fourth-order valence-corrected chi connectivity index (χ4v) is 2.39. The second kappa shape index (κ2) is 5.54. The van der Waals surface area contributed by atoms with Crippen LogP contribution in [0.4, 0.5) is 5.69 Å². The molecule has 5 nitrogen and oxygen atoms in total. The van der Waals surface area contributed by atoms with E-state index < -0.39 is 6.04 Å². The summed E-state index contributed by atoms with van der Waals surface area (Å²) in [5.41, 5.74) is 1.71. The minimum Gasteiger partial charge on any atom is -0.468 e. The number of amides is 2. The molecular formula is C16H16N2O3. The van der Waals surface area contributed by atoms with Crippen molar-refractivity contribution in [2.45, 2.75) is 25.9 Å². The lowest BCUT2D eigenvalue weighted by molar-refractivity contribution is -0.121. The number of anilines is 1. The number of carbonyl (C=O) groups excluding carboxylic acids is 2. The maximum Gasteiger partial charge on any atom is 0.251 e.